The molecule has 0 aromatic heterocycles. The average Bonchev–Trinajstić information content (AvgIpc) is 2.12. The van der Waals surface area contributed by atoms with Crippen LogP contribution in [0.15, 0.2) is 21.9 Å². The van der Waals surface area contributed by atoms with E-state index in [9.17, 15) is 10.2 Å². The lowest BCUT2D eigenvalue weighted by atomic mass is 10.3. The summed E-state index contributed by atoms with van der Waals surface area (Å²) in [6.45, 7) is 0. The molecule has 2 N–H and O–H groups in total. The topological polar surface area (TPSA) is 40.5 Å². The molecule has 0 aliphatic rings. The third-order valence-corrected chi connectivity index (χ3v) is 4.99. The van der Waals surface area contributed by atoms with Gasteiger partial charge < -0.3 is 10.2 Å². The van der Waals surface area contributed by atoms with Crippen LogP contribution in [-0.2, 0) is 0 Å². The van der Waals surface area contributed by atoms with Crippen LogP contribution in [0.1, 0.15) is 0 Å². The molecule has 0 unspecified atom stereocenters. The predicted octanol–water partition coefficient (Wildman–Crippen LogP) is 4.89. The second-order valence-corrected chi connectivity index (χ2v) is 7.57. The van der Waals surface area contributed by atoms with Crippen molar-refractivity contribution in [3.05, 3.63) is 12.1 Å². The Bertz CT molecular complexity index is 300. The molecule has 1 rings (SSSR count). The van der Waals surface area contributed by atoms with Crippen molar-refractivity contribution in [2.24, 2.45) is 0 Å². The van der Waals surface area contributed by atoms with Gasteiger partial charge in [0.05, 0.1) is 0 Å². The Kier molecular flexibility index (Phi) is 5.88. The maximum absolute atomic E-state index is 9.51. The molecule has 0 amide bonds. The number of phenols is 2. The van der Waals surface area contributed by atoms with Gasteiger partial charge in [0.25, 0.3) is 0 Å². The van der Waals surface area contributed by atoms with E-state index in [0.717, 1.165) is 30.8 Å². The smallest absolute Gasteiger partial charge is 0.134 e. The van der Waals surface area contributed by atoms with E-state index in [4.69, 9.17) is 21.4 Å². The second-order valence-electron chi connectivity index (χ2n) is 2.08. The molecular formula is C6H4Cl2O2S4. The van der Waals surface area contributed by atoms with Crippen LogP contribution in [-0.4, -0.2) is 10.2 Å². The van der Waals surface area contributed by atoms with Crippen molar-refractivity contribution in [3.63, 3.8) is 0 Å². The Morgan fingerprint density at radius 2 is 1.43 bits per heavy atom. The normalized spacial score (nSPS) is 10.4. The third-order valence-electron chi connectivity index (χ3n) is 1.27. The van der Waals surface area contributed by atoms with E-state index >= 15 is 0 Å². The van der Waals surface area contributed by atoms with E-state index in [2.05, 4.69) is 0 Å². The monoisotopic (exact) mass is 306 g/mol. The molecule has 0 saturated carbocycles. The summed E-state index contributed by atoms with van der Waals surface area (Å²) in [5.41, 5.74) is 0. The highest BCUT2D eigenvalue weighted by Crippen LogP contribution is 2.47. The molecule has 0 atom stereocenters. The van der Waals surface area contributed by atoms with Crippen molar-refractivity contribution in [2.75, 3.05) is 0 Å². The zero-order valence-electron chi connectivity index (χ0n) is 6.44. The molecule has 0 bridgehead atoms. The van der Waals surface area contributed by atoms with Crippen LogP contribution in [0, 0.1) is 0 Å². The van der Waals surface area contributed by atoms with Crippen molar-refractivity contribution in [1.29, 1.82) is 0 Å². The minimum Gasteiger partial charge on any atom is -0.507 e. The predicted molar refractivity (Wildman–Crippen MR) is 68.4 cm³/mol. The lowest BCUT2D eigenvalue weighted by molar-refractivity contribution is 0.426. The molecule has 1 aromatic rings. The van der Waals surface area contributed by atoms with Crippen molar-refractivity contribution in [2.45, 2.75) is 9.79 Å². The summed E-state index contributed by atoms with van der Waals surface area (Å²) in [4.78, 5) is 1.04. The number of phenolic OH excluding ortho intramolecular Hbond substituents is 2. The summed E-state index contributed by atoms with van der Waals surface area (Å²) >= 11 is 0. The molecule has 14 heavy (non-hydrogen) atoms. The van der Waals surface area contributed by atoms with Gasteiger partial charge in [0.15, 0.2) is 0 Å². The molecule has 0 saturated heterocycles. The fourth-order valence-electron chi connectivity index (χ4n) is 0.775. The summed E-state index contributed by atoms with van der Waals surface area (Å²) in [7, 11) is 15.1. The summed E-state index contributed by atoms with van der Waals surface area (Å²) < 4.78 is 0. The molecule has 0 heterocycles. The summed E-state index contributed by atoms with van der Waals surface area (Å²) in [5, 5.41) is 19.0. The number of aromatic hydroxyl groups is 2. The third kappa shape index (κ3) is 3.43. The van der Waals surface area contributed by atoms with Gasteiger partial charge in [-0.1, -0.05) is 0 Å². The van der Waals surface area contributed by atoms with E-state index in [1.54, 1.807) is 0 Å². The van der Waals surface area contributed by atoms with E-state index in [0.29, 0.717) is 9.79 Å². The highest BCUT2D eigenvalue weighted by molar-refractivity contribution is 8.85. The first kappa shape index (κ1) is 12.9. The SMILES string of the molecule is Oc1cc(SSCl)cc(O)c1SSCl. The van der Waals surface area contributed by atoms with Gasteiger partial charge >= 0.3 is 0 Å². The minimum absolute atomic E-state index is 0.00336. The number of benzene rings is 1. The maximum atomic E-state index is 9.51. The van der Waals surface area contributed by atoms with Crippen molar-refractivity contribution >= 4 is 63.0 Å². The Labute approximate surface area is 106 Å². The molecule has 0 spiro atoms. The largest absolute Gasteiger partial charge is 0.507 e. The van der Waals surface area contributed by atoms with Crippen LogP contribution >= 0.6 is 63.0 Å². The Morgan fingerprint density at radius 1 is 0.929 bits per heavy atom. The van der Waals surface area contributed by atoms with Gasteiger partial charge in [-0.3, -0.25) is 0 Å². The Morgan fingerprint density at radius 3 is 1.86 bits per heavy atom. The zero-order chi connectivity index (χ0) is 10.6. The van der Waals surface area contributed by atoms with Crippen LogP contribution in [0.3, 0.4) is 0 Å². The highest BCUT2D eigenvalue weighted by atomic mass is 35.7. The van der Waals surface area contributed by atoms with Crippen molar-refractivity contribution < 1.29 is 10.2 Å². The van der Waals surface area contributed by atoms with Crippen LogP contribution < -0.4 is 0 Å². The van der Waals surface area contributed by atoms with E-state index in [-0.39, 0.29) is 11.5 Å². The zero-order valence-corrected chi connectivity index (χ0v) is 11.2. The number of hydrogen-bond donors (Lipinski definition) is 2. The summed E-state index contributed by atoms with van der Waals surface area (Å²) in [6, 6.07) is 3.05. The van der Waals surface area contributed by atoms with Gasteiger partial charge in [-0.05, 0) is 55.1 Å². The fourth-order valence-corrected chi connectivity index (χ4v) is 3.95. The Hall–Kier alpha value is 0.800. The summed E-state index contributed by atoms with van der Waals surface area (Å²) in [5.74, 6) is -0.00673. The van der Waals surface area contributed by atoms with Crippen LogP contribution in [0.4, 0.5) is 0 Å². The van der Waals surface area contributed by atoms with E-state index in [1.165, 1.54) is 22.9 Å². The lowest BCUT2D eigenvalue weighted by Gasteiger charge is -2.06. The molecule has 78 valence electrons. The molecule has 2 nitrogen and oxygen atoms in total. The fraction of sp³-hybridized carbons (Fsp3) is 0. The lowest BCUT2D eigenvalue weighted by Crippen LogP contribution is -1.76. The van der Waals surface area contributed by atoms with Gasteiger partial charge in [-0.2, -0.15) is 0 Å². The Balaban J connectivity index is 2.98. The number of hydrogen-bond acceptors (Lipinski definition) is 6. The maximum Gasteiger partial charge on any atom is 0.134 e. The molecule has 0 fully saturated rings. The number of rotatable bonds is 4. The first-order chi connectivity index (χ1) is 6.69. The van der Waals surface area contributed by atoms with Gasteiger partial charge in [0.2, 0.25) is 0 Å². The van der Waals surface area contributed by atoms with Gasteiger partial charge in [-0.15, -0.1) is 0 Å². The molecule has 0 radical (unpaired) electrons. The molecular weight excluding hydrogens is 303 g/mol. The van der Waals surface area contributed by atoms with Crippen LogP contribution in [0.25, 0.3) is 0 Å². The van der Waals surface area contributed by atoms with E-state index < -0.39 is 0 Å². The second kappa shape index (κ2) is 6.40. The van der Waals surface area contributed by atoms with E-state index in [1.807, 2.05) is 0 Å². The van der Waals surface area contributed by atoms with Gasteiger partial charge in [0.1, 0.15) is 16.4 Å². The molecule has 0 aliphatic carbocycles. The molecule has 0 aliphatic heterocycles. The van der Waals surface area contributed by atoms with Crippen molar-refractivity contribution in [1.82, 2.24) is 0 Å². The first-order valence-electron chi connectivity index (χ1n) is 3.15. The van der Waals surface area contributed by atoms with Crippen LogP contribution in [0.2, 0.25) is 0 Å². The van der Waals surface area contributed by atoms with Crippen molar-refractivity contribution in [3.8, 4) is 11.5 Å². The average molecular weight is 307 g/mol. The summed E-state index contributed by atoms with van der Waals surface area (Å²) in [6.07, 6.45) is 0. The van der Waals surface area contributed by atoms with Gasteiger partial charge in [0, 0.05) is 24.9 Å². The standard InChI is InChI=1S/C6H4Cl2O2S4/c7-13-11-3-1-4(9)6(12-14-8)5(10)2-3/h1-2,9-10H. The molecule has 8 heteroatoms. The quantitative estimate of drug-likeness (QED) is 0.772. The first-order valence-corrected chi connectivity index (χ1v) is 9.10. The minimum atomic E-state index is -0.00336. The van der Waals surface area contributed by atoms with Gasteiger partial charge in [-0.25, -0.2) is 0 Å². The number of halogens is 2. The highest BCUT2D eigenvalue weighted by Gasteiger charge is 2.11. The molecule has 1 aromatic carbocycles. The van der Waals surface area contributed by atoms with Crippen LogP contribution in [0.5, 0.6) is 11.5 Å².